The molecule has 16 heavy (non-hydrogen) atoms. The van der Waals surface area contributed by atoms with Gasteiger partial charge in [-0.15, -0.1) is 0 Å². The van der Waals surface area contributed by atoms with Crippen molar-refractivity contribution in [3.05, 3.63) is 34.9 Å². The molecular formula is C12H11F2NO. The van der Waals surface area contributed by atoms with E-state index in [1.54, 1.807) is 7.05 Å². The number of aldehydes is 1. The van der Waals surface area contributed by atoms with Crippen LogP contribution in [0.25, 0.3) is 0 Å². The highest BCUT2D eigenvalue weighted by Gasteiger charge is 2.07. The molecule has 0 atom stereocenters. The smallest absolute Gasteiger partial charge is 0.153 e. The van der Waals surface area contributed by atoms with Gasteiger partial charge in [0.15, 0.2) is 6.29 Å². The van der Waals surface area contributed by atoms with E-state index >= 15 is 0 Å². The van der Waals surface area contributed by atoms with Crippen LogP contribution in [0.15, 0.2) is 12.1 Å². The van der Waals surface area contributed by atoms with Crippen molar-refractivity contribution in [3.63, 3.8) is 0 Å². The number of nitrogens with one attached hydrogen (secondary N) is 1. The van der Waals surface area contributed by atoms with Crippen LogP contribution in [0.1, 0.15) is 22.3 Å². The molecule has 0 fully saturated rings. The Morgan fingerprint density at radius 2 is 2.12 bits per heavy atom. The Bertz CT molecular complexity index is 446. The number of carbonyl (C=O) groups excluding carboxylic acids is 1. The van der Waals surface area contributed by atoms with Gasteiger partial charge in [-0.1, -0.05) is 11.8 Å². The normalized spacial score (nSPS) is 9.44. The van der Waals surface area contributed by atoms with Gasteiger partial charge < -0.3 is 5.32 Å². The van der Waals surface area contributed by atoms with Crippen molar-refractivity contribution < 1.29 is 13.6 Å². The van der Waals surface area contributed by atoms with Gasteiger partial charge in [-0.2, -0.15) is 0 Å². The predicted molar refractivity (Wildman–Crippen MR) is 57.2 cm³/mol. The fourth-order valence-corrected chi connectivity index (χ4v) is 1.09. The van der Waals surface area contributed by atoms with E-state index in [2.05, 4.69) is 17.2 Å². The summed E-state index contributed by atoms with van der Waals surface area (Å²) in [6.07, 6.45) is 0.823. The van der Waals surface area contributed by atoms with Crippen LogP contribution in [-0.4, -0.2) is 19.9 Å². The van der Waals surface area contributed by atoms with Crippen LogP contribution in [0.2, 0.25) is 0 Å². The van der Waals surface area contributed by atoms with Crippen molar-refractivity contribution in [2.75, 3.05) is 13.6 Å². The maximum Gasteiger partial charge on any atom is 0.153 e. The lowest BCUT2D eigenvalue weighted by Crippen LogP contribution is -2.05. The van der Waals surface area contributed by atoms with E-state index in [4.69, 9.17) is 0 Å². The van der Waals surface area contributed by atoms with Crippen molar-refractivity contribution in [2.45, 2.75) is 6.42 Å². The molecule has 0 spiro atoms. The van der Waals surface area contributed by atoms with Gasteiger partial charge in [0.25, 0.3) is 0 Å². The first-order valence-corrected chi connectivity index (χ1v) is 4.76. The number of rotatable bonds is 3. The molecule has 1 aromatic rings. The average Bonchev–Trinajstić information content (AvgIpc) is 2.28. The maximum atomic E-state index is 13.3. The van der Waals surface area contributed by atoms with E-state index in [1.807, 2.05) is 0 Å². The third kappa shape index (κ3) is 3.14. The zero-order valence-corrected chi connectivity index (χ0v) is 8.81. The van der Waals surface area contributed by atoms with Crippen molar-refractivity contribution in [1.29, 1.82) is 0 Å². The highest BCUT2D eigenvalue weighted by molar-refractivity contribution is 5.75. The molecule has 0 heterocycles. The largest absolute Gasteiger partial charge is 0.319 e. The summed E-state index contributed by atoms with van der Waals surface area (Å²) in [7, 11) is 1.78. The number of carbonyl (C=O) groups is 1. The number of halogens is 2. The third-order valence-electron chi connectivity index (χ3n) is 1.94. The van der Waals surface area contributed by atoms with Crippen LogP contribution < -0.4 is 5.32 Å². The monoisotopic (exact) mass is 223 g/mol. The summed E-state index contributed by atoms with van der Waals surface area (Å²) in [5.41, 5.74) is -0.322. The first-order chi connectivity index (χ1) is 7.69. The Kier molecular flexibility index (Phi) is 4.62. The van der Waals surface area contributed by atoms with Gasteiger partial charge in [0.2, 0.25) is 0 Å². The van der Waals surface area contributed by atoms with E-state index in [-0.39, 0.29) is 17.4 Å². The molecule has 0 bridgehead atoms. The topological polar surface area (TPSA) is 29.1 Å². The summed E-state index contributed by atoms with van der Waals surface area (Å²) < 4.78 is 26.4. The lowest BCUT2D eigenvalue weighted by Gasteiger charge is -1.98. The van der Waals surface area contributed by atoms with E-state index in [0.29, 0.717) is 13.0 Å². The molecule has 0 aliphatic carbocycles. The molecule has 0 aliphatic rings. The third-order valence-corrected chi connectivity index (χ3v) is 1.94. The van der Waals surface area contributed by atoms with Gasteiger partial charge in [0.05, 0.1) is 11.1 Å². The lowest BCUT2D eigenvalue weighted by molar-refractivity contribution is 0.111. The van der Waals surface area contributed by atoms with Gasteiger partial charge in [-0.3, -0.25) is 4.79 Å². The molecule has 0 amide bonds. The molecule has 0 saturated carbocycles. The standard InChI is InChI=1S/C12H11F2NO/c1-15-5-3-2-4-9-6-12(14)10(8-16)7-11(9)13/h6-8,15H,3,5H2,1H3. The summed E-state index contributed by atoms with van der Waals surface area (Å²) in [5.74, 6) is 3.78. The quantitative estimate of drug-likeness (QED) is 0.480. The Morgan fingerprint density at radius 3 is 2.75 bits per heavy atom. The molecule has 4 heteroatoms. The summed E-state index contributed by atoms with van der Waals surface area (Å²) in [5, 5.41) is 2.88. The van der Waals surface area contributed by atoms with Crippen LogP contribution in [0.3, 0.4) is 0 Å². The Morgan fingerprint density at radius 1 is 1.38 bits per heavy atom. The first kappa shape index (κ1) is 12.3. The minimum Gasteiger partial charge on any atom is -0.319 e. The molecule has 0 aromatic heterocycles. The van der Waals surface area contributed by atoms with Gasteiger partial charge in [-0.05, 0) is 19.2 Å². The fraction of sp³-hybridized carbons (Fsp3) is 0.250. The van der Waals surface area contributed by atoms with E-state index in [0.717, 1.165) is 12.1 Å². The summed E-state index contributed by atoms with van der Waals surface area (Å²) in [6, 6.07) is 1.79. The number of benzene rings is 1. The highest BCUT2D eigenvalue weighted by Crippen LogP contribution is 2.12. The molecular weight excluding hydrogens is 212 g/mol. The van der Waals surface area contributed by atoms with Gasteiger partial charge in [0, 0.05) is 13.0 Å². The Balaban J connectivity index is 2.92. The van der Waals surface area contributed by atoms with Crippen molar-refractivity contribution in [1.82, 2.24) is 5.32 Å². The maximum absolute atomic E-state index is 13.3. The predicted octanol–water partition coefficient (Wildman–Crippen LogP) is 1.74. The minimum absolute atomic E-state index is 0.0285. The van der Waals surface area contributed by atoms with Gasteiger partial charge >= 0.3 is 0 Å². The van der Waals surface area contributed by atoms with Gasteiger partial charge in [-0.25, -0.2) is 8.78 Å². The first-order valence-electron chi connectivity index (χ1n) is 4.76. The summed E-state index contributed by atoms with van der Waals surface area (Å²) in [6.45, 7) is 0.684. The zero-order valence-electron chi connectivity index (χ0n) is 8.81. The molecule has 1 rings (SSSR count). The minimum atomic E-state index is -0.755. The van der Waals surface area contributed by atoms with Crippen molar-refractivity contribution in [2.24, 2.45) is 0 Å². The van der Waals surface area contributed by atoms with Crippen molar-refractivity contribution in [3.8, 4) is 11.8 Å². The lowest BCUT2D eigenvalue weighted by atomic mass is 10.1. The summed E-state index contributed by atoms with van der Waals surface area (Å²) in [4.78, 5) is 10.3. The SMILES string of the molecule is CNCCC#Cc1cc(F)c(C=O)cc1F. The van der Waals surface area contributed by atoms with Crippen LogP contribution in [0.5, 0.6) is 0 Å². The second-order valence-electron chi connectivity index (χ2n) is 3.13. The molecule has 0 aliphatic heterocycles. The van der Waals surface area contributed by atoms with Crippen LogP contribution in [0.4, 0.5) is 8.78 Å². The highest BCUT2D eigenvalue weighted by atomic mass is 19.1. The average molecular weight is 223 g/mol. The van der Waals surface area contributed by atoms with Crippen LogP contribution in [0, 0.1) is 23.5 Å². The zero-order chi connectivity index (χ0) is 12.0. The molecule has 1 N–H and O–H groups in total. The molecule has 0 unspecified atom stereocenters. The number of hydrogen-bond donors (Lipinski definition) is 1. The second-order valence-corrected chi connectivity index (χ2v) is 3.13. The molecule has 0 radical (unpaired) electrons. The molecule has 2 nitrogen and oxygen atoms in total. The van der Waals surface area contributed by atoms with E-state index in [9.17, 15) is 13.6 Å². The molecule has 0 saturated heterocycles. The summed E-state index contributed by atoms with van der Waals surface area (Å²) >= 11 is 0. The number of hydrogen-bond acceptors (Lipinski definition) is 2. The second kappa shape index (κ2) is 5.99. The van der Waals surface area contributed by atoms with Crippen LogP contribution in [-0.2, 0) is 0 Å². The van der Waals surface area contributed by atoms with Gasteiger partial charge in [0.1, 0.15) is 11.6 Å². The molecule has 1 aromatic carbocycles. The molecule has 84 valence electrons. The van der Waals surface area contributed by atoms with Crippen LogP contribution >= 0.6 is 0 Å². The Hall–Kier alpha value is -1.73. The fourth-order valence-electron chi connectivity index (χ4n) is 1.09. The Labute approximate surface area is 92.7 Å². The van der Waals surface area contributed by atoms with E-state index in [1.165, 1.54) is 0 Å². The van der Waals surface area contributed by atoms with Crippen molar-refractivity contribution >= 4 is 6.29 Å². The van der Waals surface area contributed by atoms with E-state index < -0.39 is 11.6 Å².